The van der Waals surface area contributed by atoms with Crippen molar-refractivity contribution < 1.29 is 24.1 Å². The maximum absolute atomic E-state index is 13.2. The number of aromatic carboxylic acids is 1. The quantitative estimate of drug-likeness (QED) is 0.881. The SMILES string of the molecule is O=C(O)c1ccc(F)cc1COc1cccc(CO)c1. The van der Waals surface area contributed by atoms with E-state index in [1.165, 1.54) is 6.07 Å². The van der Waals surface area contributed by atoms with E-state index in [0.29, 0.717) is 11.3 Å². The predicted molar refractivity (Wildman–Crippen MR) is 70.1 cm³/mol. The van der Waals surface area contributed by atoms with Crippen LogP contribution in [0, 0.1) is 5.82 Å². The van der Waals surface area contributed by atoms with Gasteiger partial charge in [0.2, 0.25) is 0 Å². The molecule has 0 spiro atoms. The lowest BCUT2D eigenvalue weighted by Crippen LogP contribution is -2.06. The van der Waals surface area contributed by atoms with Crippen LogP contribution in [0.5, 0.6) is 5.75 Å². The highest BCUT2D eigenvalue weighted by Crippen LogP contribution is 2.18. The molecule has 0 fully saturated rings. The highest BCUT2D eigenvalue weighted by molar-refractivity contribution is 5.89. The van der Waals surface area contributed by atoms with Gasteiger partial charge in [0.15, 0.2) is 0 Å². The van der Waals surface area contributed by atoms with Crippen molar-refractivity contribution in [3.8, 4) is 5.75 Å². The van der Waals surface area contributed by atoms with Crippen molar-refractivity contribution >= 4 is 5.97 Å². The van der Waals surface area contributed by atoms with Crippen LogP contribution < -0.4 is 4.74 Å². The number of aliphatic hydroxyl groups is 1. The van der Waals surface area contributed by atoms with Crippen LogP contribution in [0.2, 0.25) is 0 Å². The summed E-state index contributed by atoms with van der Waals surface area (Å²) in [6.07, 6.45) is 0. The number of carboxylic acid groups (broad SMARTS) is 1. The Morgan fingerprint density at radius 3 is 2.70 bits per heavy atom. The van der Waals surface area contributed by atoms with Crippen molar-refractivity contribution in [2.45, 2.75) is 13.2 Å². The van der Waals surface area contributed by atoms with Gasteiger partial charge in [0.05, 0.1) is 12.2 Å². The molecule has 0 saturated carbocycles. The summed E-state index contributed by atoms with van der Waals surface area (Å²) < 4.78 is 18.6. The molecule has 0 aliphatic carbocycles. The van der Waals surface area contributed by atoms with Gasteiger partial charge in [-0.15, -0.1) is 0 Å². The van der Waals surface area contributed by atoms with E-state index in [9.17, 15) is 9.18 Å². The maximum Gasteiger partial charge on any atom is 0.336 e. The first-order valence-electron chi connectivity index (χ1n) is 5.94. The van der Waals surface area contributed by atoms with Crippen molar-refractivity contribution in [3.63, 3.8) is 0 Å². The van der Waals surface area contributed by atoms with Gasteiger partial charge in [-0.3, -0.25) is 0 Å². The fourth-order valence-electron chi connectivity index (χ4n) is 1.79. The van der Waals surface area contributed by atoms with Gasteiger partial charge in [0.1, 0.15) is 18.2 Å². The molecule has 0 aromatic heterocycles. The Labute approximate surface area is 115 Å². The van der Waals surface area contributed by atoms with E-state index in [-0.39, 0.29) is 24.3 Å². The molecule has 0 amide bonds. The van der Waals surface area contributed by atoms with Crippen LogP contribution >= 0.6 is 0 Å². The van der Waals surface area contributed by atoms with E-state index in [1.807, 2.05) is 0 Å². The van der Waals surface area contributed by atoms with Gasteiger partial charge in [-0.25, -0.2) is 9.18 Å². The molecule has 0 radical (unpaired) electrons. The number of rotatable bonds is 5. The number of aliphatic hydroxyl groups excluding tert-OH is 1. The van der Waals surface area contributed by atoms with E-state index < -0.39 is 11.8 Å². The van der Waals surface area contributed by atoms with Gasteiger partial charge >= 0.3 is 5.97 Å². The first kappa shape index (κ1) is 14.0. The Bertz CT molecular complexity index is 625. The molecule has 0 aliphatic heterocycles. The highest BCUT2D eigenvalue weighted by Gasteiger charge is 2.11. The van der Waals surface area contributed by atoms with Gasteiger partial charge in [-0.2, -0.15) is 0 Å². The second kappa shape index (κ2) is 6.16. The molecule has 5 heteroatoms. The number of carboxylic acids is 1. The van der Waals surface area contributed by atoms with Gasteiger partial charge < -0.3 is 14.9 Å². The van der Waals surface area contributed by atoms with E-state index >= 15 is 0 Å². The fraction of sp³-hybridized carbons (Fsp3) is 0.133. The molecule has 0 heterocycles. The molecule has 0 bridgehead atoms. The number of hydrogen-bond donors (Lipinski definition) is 2. The molecule has 0 unspecified atom stereocenters. The third kappa shape index (κ3) is 3.33. The molecule has 20 heavy (non-hydrogen) atoms. The molecular formula is C15H13FO4. The normalized spacial score (nSPS) is 10.3. The van der Waals surface area contributed by atoms with Crippen molar-refractivity contribution in [2.75, 3.05) is 0 Å². The minimum atomic E-state index is -1.13. The molecule has 2 rings (SSSR count). The smallest absolute Gasteiger partial charge is 0.336 e. The van der Waals surface area contributed by atoms with Crippen molar-refractivity contribution in [1.29, 1.82) is 0 Å². The summed E-state index contributed by atoms with van der Waals surface area (Å²) in [5.74, 6) is -1.16. The summed E-state index contributed by atoms with van der Waals surface area (Å²) >= 11 is 0. The van der Waals surface area contributed by atoms with Gasteiger partial charge in [0.25, 0.3) is 0 Å². The number of hydrogen-bond acceptors (Lipinski definition) is 3. The lowest BCUT2D eigenvalue weighted by atomic mass is 10.1. The summed E-state index contributed by atoms with van der Waals surface area (Å²) in [6.45, 7) is -0.175. The van der Waals surface area contributed by atoms with E-state index in [2.05, 4.69) is 0 Å². The number of carbonyl (C=O) groups is 1. The molecule has 4 nitrogen and oxygen atoms in total. The Hall–Kier alpha value is -2.40. The summed E-state index contributed by atoms with van der Waals surface area (Å²) in [6, 6.07) is 10.2. The van der Waals surface area contributed by atoms with Crippen molar-refractivity contribution in [3.05, 3.63) is 65.0 Å². The summed E-state index contributed by atoms with van der Waals surface area (Å²) in [5.41, 5.74) is 0.941. The molecule has 2 N–H and O–H groups in total. The van der Waals surface area contributed by atoms with Gasteiger partial charge in [-0.05, 0) is 35.9 Å². The average Bonchev–Trinajstić information content (AvgIpc) is 2.45. The molecule has 0 atom stereocenters. The van der Waals surface area contributed by atoms with E-state index in [1.54, 1.807) is 24.3 Å². The third-order valence-corrected chi connectivity index (χ3v) is 2.77. The minimum Gasteiger partial charge on any atom is -0.489 e. The molecule has 0 saturated heterocycles. The first-order valence-corrected chi connectivity index (χ1v) is 5.94. The van der Waals surface area contributed by atoms with Crippen LogP contribution in [-0.4, -0.2) is 16.2 Å². The van der Waals surface area contributed by atoms with Crippen LogP contribution in [-0.2, 0) is 13.2 Å². The van der Waals surface area contributed by atoms with Gasteiger partial charge in [-0.1, -0.05) is 12.1 Å². The zero-order valence-electron chi connectivity index (χ0n) is 10.5. The maximum atomic E-state index is 13.2. The summed E-state index contributed by atoms with van der Waals surface area (Å²) in [5, 5.41) is 18.0. The van der Waals surface area contributed by atoms with Crippen LogP contribution in [0.25, 0.3) is 0 Å². The fourth-order valence-corrected chi connectivity index (χ4v) is 1.79. The van der Waals surface area contributed by atoms with Crippen molar-refractivity contribution in [1.82, 2.24) is 0 Å². The van der Waals surface area contributed by atoms with Crippen LogP contribution in [0.15, 0.2) is 42.5 Å². The second-order valence-electron chi connectivity index (χ2n) is 4.20. The zero-order chi connectivity index (χ0) is 14.5. The lowest BCUT2D eigenvalue weighted by Gasteiger charge is -2.09. The monoisotopic (exact) mass is 276 g/mol. The Balaban J connectivity index is 2.17. The van der Waals surface area contributed by atoms with Gasteiger partial charge in [0, 0.05) is 5.56 Å². The first-order chi connectivity index (χ1) is 9.60. The highest BCUT2D eigenvalue weighted by atomic mass is 19.1. The second-order valence-corrected chi connectivity index (χ2v) is 4.20. The lowest BCUT2D eigenvalue weighted by molar-refractivity contribution is 0.0694. The number of benzene rings is 2. The molecule has 2 aromatic rings. The summed E-state index contributed by atoms with van der Waals surface area (Å²) in [7, 11) is 0. The predicted octanol–water partition coefficient (Wildman–Crippen LogP) is 2.60. The standard InChI is InChI=1S/C15H13FO4/c16-12-4-5-14(15(18)19)11(7-12)9-20-13-3-1-2-10(6-13)8-17/h1-7,17H,8-9H2,(H,18,19). The average molecular weight is 276 g/mol. The largest absolute Gasteiger partial charge is 0.489 e. The van der Waals surface area contributed by atoms with Crippen LogP contribution in [0.3, 0.4) is 0 Å². The minimum absolute atomic E-state index is 0.00436. The molecule has 2 aromatic carbocycles. The Morgan fingerprint density at radius 2 is 2.00 bits per heavy atom. The molecular weight excluding hydrogens is 263 g/mol. The van der Waals surface area contributed by atoms with E-state index in [4.69, 9.17) is 14.9 Å². The third-order valence-electron chi connectivity index (χ3n) is 2.77. The topological polar surface area (TPSA) is 66.8 Å². The summed E-state index contributed by atoms with van der Waals surface area (Å²) in [4.78, 5) is 11.0. The molecule has 0 aliphatic rings. The van der Waals surface area contributed by atoms with Crippen LogP contribution in [0.4, 0.5) is 4.39 Å². The molecule has 104 valence electrons. The Kier molecular flexibility index (Phi) is 4.32. The van der Waals surface area contributed by atoms with Crippen molar-refractivity contribution in [2.24, 2.45) is 0 Å². The Morgan fingerprint density at radius 1 is 1.20 bits per heavy atom. The van der Waals surface area contributed by atoms with E-state index in [0.717, 1.165) is 12.1 Å². The van der Waals surface area contributed by atoms with Crippen LogP contribution in [0.1, 0.15) is 21.5 Å². The zero-order valence-corrected chi connectivity index (χ0v) is 10.5. The number of halogens is 1. The number of ether oxygens (including phenoxy) is 1.